The van der Waals surface area contributed by atoms with E-state index in [-0.39, 0.29) is 17.5 Å². The largest absolute Gasteiger partial charge is 0.497 e. The number of ether oxygens (including phenoxy) is 2. The van der Waals surface area contributed by atoms with Crippen molar-refractivity contribution in [3.05, 3.63) is 82.1 Å². The molecule has 7 nitrogen and oxygen atoms in total. The smallest absolute Gasteiger partial charge is 0.271 e. The third-order valence-electron chi connectivity index (χ3n) is 5.64. The second kappa shape index (κ2) is 10.1. The van der Waals surface area contributed by atoms with E-state index in [2.05, 4.69) is 10.4 Å². The van der Waals surface area contributed by atoms with Crippen LogP contribution in [0.3, 0.4) is 0 Å². The summed E-state index contributed by atoms with van der Waals surface area (Å²) < 4.78 is 12.2. The molecule has 1 aliphatic rings. The molecule has 1 N–H and O–H groups in total. The van der Waals surface area contributed by atoms with Crippen LogP contribution in [0.2, 0.25) is 0 Å². The number of carbonyl (C=O) groups excluding carboxylic acids is 1. The fraction of sp³-hybridized carbons (Fsp3) is 0.320. The van der Waals surface area contributed by atoms with Gasteiger partial charge >= 0.3 is 0 Å². The van der Waals surface area contributed by atoms with E-state index in [0.29, 0.717) is 23.7 Å². The Bertz CT molecular complexity index is 1100. The number of aromatic nitrogens is 2. The summed E-state index contributed by atoms with van der Waals surface area (Å²) in [4.78, 5) is 24.9. The lowest BCUT2D eigenvalue weighted by molar-refractivity contribution is 0.0927. The van der Waals surface area contributed by atoms with Crippen molar-refractivity contribution in [1.29, 1.82) is 0 Å². The highest BCUT2D eigenvalue weighted by Crippen LogP contribution is 2.18. The van der Waals surface area contributed by atoms with Gasteiger partial charge in [0.05, 0.1) is 12.8 Å². The SMILES string of the molecule is COc1ccc(COc2ccc(=O)n(-c3ccc(C(=O)NC4CCCCC4)cc3)n2)cc1. The maximum absolute atomic E-state index is 12.5. The normalized spacial score (nSPS) is 14.0. The number of amides is 1. The Morgan fingerprint density at radius 3 is 2.41 bits per heavy atom. The predicted molar refractivity (Wildman–Crippen MR) is 121 cm³/mol. The molecule has 1 amide bonds. The van der Waals surface area contributed by atoms with Crippen LogP contribution in [0, 0.1) is 0 Å². The van der Waals surface area contributed by atoms with E-state index in [9.17, 15) is 9.59 Å². The first-order valence-corrected chi connectivity index (χ1v) is 10.9. The molecule has 1 saturated carbocycles. The van der Waals surface area contributed by atoms with Gasteiger partial charge in [-0.3, -0.25) is 9.59 Å². The standard InChI is InChI=1S/C25H27N3O4/c1-31-22-13-7-18(8-14-22)17-32-23-15-16-24(29)28(27-23)21-11-9-19(10-12-21)25(30)26-20-5-3-2-4-6-20/h7-16,20H,2-6,17H2,1H3,(H,26,30). The minimum Gasteiger partial charge on any atom is -0.497 e. The number of methoxy groups -OCH3 is 1. The van der Waals surface area contributed by atoms with Crippen molar-refractivity contribution in [2.75, 3.05) is 7.11 Å². The molecule has 1 heterocycles. The Hall–Kier alpha value is -3.61. The van der Waals surface area contributed by atoms with E-state index in [0.717, 1.165) is 37.0 Å². The Morgan fingerprint density at radius 1 is 1.00 bits per heavy atom. The van der Waals surface area contributed by atoms with Gasteiger partial charge in [0.25, 0.3) is 11.5 Å². The second-order valence-electron chi connectivity index (χ2n) is 7.91. The second-order valence-corrected chi connectivity index (χ2v) is 7.91. The molecular weight excluding hydrogens is 406 g/mol. The summed E-state index contributed by atoms with van der Waals surface area (Å²) in [5.74, 6) is 1.02. The molecule has 0 spiro atoms. The zero-order valence-electron chi connectivity index (χ0n) is 18.1. The number of hydrogen-bond acceptors (Lipinski definition) is 5. The highest BCUT2D eigenvalue weighted by atomic mass is 16.5. The molecular formula is C25H27N3O4. The van der Waals surface area contributed by atoms with Gasteiger partial charge in [-0.2, -0.15) is 4.68 Å². The molecule has 7 heteroatoms. The molecule has 1 aromatic heterocycles. The van der Waals surface area contributed by atoms with E-state index in [1.54, 1.807) is 37.4 Å². The molecule has 0 bridgehead atoms. The minimum atomic E-state index is -0.277. The third kappa shape index (κ3) is 5.35. The van der Waals surface area contributed by atoms with Gasteiger partial charge in [-0.15, -0.1) is 5.10 Å². The molecule has 1 aliphatic carbocycles. The summed E-state index contributed by atoms with van der Waals surface area (Å²) in [6.45, 7) is 0.315. The van der Waals surface area contributed by atoms with E-state index < -0.39 is 0 Å². The summed E-state index contributed by atoms with van der Waals surface area (Å²) in [5.41, 5.74) is 1.82. The van der Waals surface area contributed by atoms with E-state index in [4.69, 9.17) is 9.47 Å². The van der Waals surface area contributed by atoms with Crippen LogP contribution < -0.4 is 20.3 Å². The third-order valence-corrected chi connectivity index (χ3v) is 5.64. The maximum atomic E-state index is 12.5. The van der Waals surface area contributed by atoms with Gasteiger partial charge in [0, 0.05) is 23.7 Å². The Kier molecular flexibility index (Phi) is 6.84. The van der Waals surface area contributed by atoms with Gasteiger partial charge in [-0.05, 0) is 54.8 Å². The lowest BCUT2D eigenvalue weighted by Crippen LogP contribution is -2.36. The van der Waals surface area contributed by atoms with Crippen LogP contribution in [0.25, 0.3) is 5.69 Å². The van der Waals surface area contributed by atoms with E-state index in [1.807, 2.05) is 24.3 Å². The van der Waals surface area contributed by atoms with E-state index >= 15 is 0 Å². The van der Waals surface area contributed by atoms with Crippen LogP contribution in [-0.2, 0) is 6.61 Å². The molecule has 32 heavy (non-hydrogen) atoms. The van der Waals surface area contributed by atoms with Gasteiger partial charge < -0.3 is 14.8 Å². The number of benzene rings is 2. The Labute approximate surface area is 187 Å². The summed E-state index contributed by atoms with van der Waals surface area (Å²) in [6, 6.07) is 17.6. The number of nitrogens with one attached hydrogen (secondary N) is 1. The van der Waals surface area contributed by atoms with Crippen LogP contribution in [0.1, 0.15) is 48.0 Å². The predicted octanol–water partition coefficient (Wildman–Crippen LogP) is 3.88. The first-order chi connectivity index (χ1) is 15.6. The quantitative estimate of drug-likeness (QED) is 0.611. The minimum absolute atomic E-state index is 0.0830. The lowest BCUT2D eigenvalue weighted by atomic mass is 9.95. The molecule has 4 rings (SSSR count). The van der Waals surface area contributed by atoms with Crippen LogP contribution in [0.15, 0.2) is 65.5 Å². The van der Waals surface area contributed by atoms with Gasteiger partial charge in [0.2, 0.25) is 5.88 Å². The molecule has 0 aliphatic heterocycles. The number of hydrogen-bond donors (Lipinski definition) is 1. The van der Waals surface area contributed by atoms with Crippen LogP contribution in [-0.4, -0.2) is 28.8 Å². The Balaban J connectivity index is 1.43. The molecule has 2 aromatic carbocycles. The van der Waals surface area contributed by atoms with E-state index in [1.165, 1.54) is 17.2 Å². The fourth-order valence-corrected chi connectivity index (χ4v) is 3.81. The molecule has 1 fully saturated rings. The topological polar surface area (TPSA) is 82.5 Å². The average Bonchev–Trinajstić information content (AvgIpc) is 2.84. The number of carbonyl (C=O) groups is 1. The van der Waals surface area contributed by atoms with Crippen molar-refractivity contribution in [3.8, 4) is 17.3 Å². The first kappa shape index (κ1) is 21.6. The van der Waals surface area contributed by atoms with Gasteiger partial charge in [-0.25, -0.2) is 0 Å². The summed E-state index contributed by atoms with van der Waals surface area (Å²) in [5, 5.41) is 7.42. The van der Waals surface area contributed by atoms with Gasteiger partial charge in [0.1, 0.15) is 12.4 Å². The lowest BCUT2D eigenvalue weighted by Gasteiger charge is -2.22. The van der Waals surface area contributed by atoms with Crippen LogP contribution >= 0.6 is 0 Å². The number of nitrogens with zero attached hydrogens (tertiary/aromatic N) is 2. The fourth-order valence-electron chi connectivity index (χ4n) is 3.81. The highest BCUT2D eigenvalue weighted by Gasteiger charge is 2.16. The van der Waals surface area contributed by atoms with Crippen LogP contribution in [0.5, 0.6) is 11.6 Å². The van der Waals surface area contributed by atoms with Crippen molar-refractivity contribution < 1.29 is 14.3 Å². The maximum Gasteiger partial charge on any atom is 0.271 e. The monoisotopic (exact) mass is 433 g/mol. The van der Waals surface area contributed by atoms with Crippen molar-refractivity contribution in [2.24, 2.45) is 0 Å². The summed E-state index contributed by atoms with van der Waals surface area (Å²) in [6.07, 6.45) is 5.63. The molecule has 0 unspecified atom stereocenters. The summed E-state index contributed by atoms with van der Waals surface area (Å²) >= 11 is 0. The van der Waals surface area contributed by atoms with Gasteiger partial charge in [0.15, 0.2) is 0 Å². The zero-order chi connectivity index (χ0) is 22.3. The molecule has 0 atom stereocenters. The van der Waals surface area contributed by atoms with Crippen LogP contribution in [0.4, 0.5) is 0 Å². The molecule has 3 aromatic rings. The van der Waals surface area contributed by atoms with Crippen molar-refractivity contribution >= 4 is 5.91 Å². The van der Waals surface area contributed by atoms with Crippen molar-refractivity contribution in [3.63, 3.8) is 0 Å². The molecule has 0 radical (unpaired) electrons. The molecule has 166 valence electrons. The zero-order valence-corrected chi connectivity index (χ0v) is 18.1. The first-order valence-electron chi connectivity index (χ1n) is 10.9. The van der Waals surface area contributed by atoms with Crippen molar-refractivity contribution in [2.45, 2.75) is 44.8 Å². The molecule has 0 saturated heterocycles. The summed E-state index contributed by atoms with van der Waals surface area (Å²) in [7, 11) is 1.62. The van der Waals surface area contributed by atoms with Gasteiger partial charge in [-0.1, -0.05) is 31.4 Å². The van der Waals surface area contributed by atoms with Crippen molar-refractivity contribution in [1.82, 2.24) is 15.1 Å². The Morgan fingerprint density at radius 2 is 1.72 bits per heavy atom. The number of rotatable bonds is 7. The highest BCUT2D eigenvalue weighted by molar-refractivity contribution is 5.94. The average molecular weight is 434 g/mol.